The number of thiophene rings is 1. The van der Waals surface area contributed by atoms with Gasteiger partial charge in [-0.25, -0.2) is 0 Å². The van der Waals surface area contributed by atoms with Crippen LogP contribution in [-0.4, -0.2) is 11.9 Å². The van der Waals surface area contributed by atoms with Gasteiger partial charge in [-0.3, -0.25) is 4.79 Å². The number of carbonyl (C=O) groups excluding carboxylic acids is 1. The molecule has 0 aliphatic heterocycles. The number of carbonyl (C=O) groups is 1. The van der Waals surface area contributed by atoms with Crippen LogP contribution in [-0.2, 0) is 6.54 Å². The third kappa shape index (κ3) is 2.63. The number of nitrogen functional groups attached to an aromatic ring is 1. The monoisotopic (exact) mass is 287 g/mol. The maximum atomic E-state index is 11.4. The van der Waals surface area contributed by atoms with Crippen LogP contribution in [0.4, 0.5) is 11.4 Å². The Kier molecular flexibility index (Phi) is 3.36. The van der Waals surface area contributed by atoms with Gasteiger partial charge in [-0.2, -0.15) is 0 Å². The van der Waals surface area contributed by atoms with Crippen molar-refractivity contribution in [2.24, 2.45) is 5.73 Å². The summed E-state index contributed by atoms with van der Waals surface area (Å²) in [7, 11) is 0. The van der Waals surface area contributed by atoms with Gasteiger partial charge in [0.2, 0.25) is 5.91 Å². The molecule has 1 heterocycles. The van der Waals surface area contributed by atoms with Gasteiger partial charge < -0.3 is 16.4 Å². The topological polar surface area (TPSA) is 72.3 Å². The van der Waals surface area contributed by atoms with Crippen LogP contribution in [0.1, 0.15) is 28.1 Å². The largest absolute Gasteiger partial charge is 0.397 e. The normalized spacial score (nSPS) is 14.2. The number of anilines is 2. The highest BCUT2D eigenvalue weighted by atomic mass is 32.1. The van der Waals surface area contributed by atoms with Crippen LogP contribution in [0.3, 0.4) is 0 Å². The van der Waals surface area contributed by atoms with Crippen molar-refractivity contribution in [1.29, 1.82) is 0 Å². The van der Waals surface area contributed by atoms with Crippen molar-refractivity contribution in [2.45, 2.75) is 25.4 Å². The number of primary amides is 1. The molecule has 0 atom stereocenters. The summed E-state index contributed by atoms with van der Waals surface area (Å²) in [5.74, 6) is -0.418. The van der Waals surface area contributed by atoms with Crippen LogP contribution in [0, 0.1) is 0 Å². The zero-order valence-corrected chi connectivity index (χ0v) is 11.9. The van der Waals surface area contributed by atoms with Crippen molar-refractivity contribution < 1.29 is 4.79 Å². The summed E-state index contributed by atoms with van der Waals surface area (Å²) in [6.07, 6.45) is 2.34. The van der Waals surface area contributed by atoms with Gasteiger partial charge >= 0.3 is 0 Å². The summed E-state index contributed by atoms with van der Waals surface area (Å²) >= 11 is 1.73. The van der Waals surface area contributed by atoms with Crippen molar-refractivity contribution in [1.82, 2.24) is 0 Å². The maximum absolute atomic E-state index is 11.4. The quantitative estimate of drug-likeness (QED) is 0.830. The van der Waals surface area contributed by atoms with Crippen molar-refractivity contribution in [3.63, 3.8) is 0 Å². The van der Waals surface area contributed by atoms with E-state index in [4.69, 9.17) is 11.5 Å². The molecule has 20 heavy (non-hydrogen) atoms. The third-order valence-corrected chi connectivity index (χ3v) is 4.38. The Morgan fingerprint density at radius 2 is 2.15 bits per heavy atom. The van der Waals surface area contributed by atoms with Gasteiger partial charge in [0, 0.05) is 16.5 Å². The Bertz CT molecular complexity index is 620. The number of nitrogens with zero attached hydrogens (tertiary/aromatic N) is 1. The zero-order chi connectivity index (χ0) is 14.1. The number of nitrogens with two attached hydrogens (primary N) is 2. The summed E-state index contributed by atoms with van der Waals surface area (Å²) < 4.78 is 0. The molecular formula is C15H17N3OS. The fraction of sp³-hybridized carbons (Fsp3) is 0.267. The Labute approximate surface area is 122 Å². The second kappa shape index (κ2) is 5.17. The van der Waals surface area contributed by atoms with E-state index in [0.29, 0.717) is 17.3 Å². The minimum atomic E-state index is -0.418. The smallest absolute Gasteiger partial charge is 0.248 e. The second-order valence-electron chi connectivity index (χ2n) is 5.08. The summed E-state index contributed by atoms with van der Waals surface area (Å²) in [6.45, 7) is 0.828. The SMILES string of the molecule is NC(=O)c1ccc(N)c(N(Cc2cccs2)C2CC2)c1. The molecule has 4 N–H and O–H groups in total. The molecule has 0 unspecified atom stereocenters. The molecule has 104 valence electrons. The lowest BCUT2D eigenvalue weighted by molar-refractivity contribution is 0.100. The first kappa shape index (κ1) is 13.0. The maximum Gasteiger partial charge on any atom is 0.248 e. The zero-order valence-electron chi connectivity index (χ0n) is 11.1. The van der Waals surface area contributed by atoms with Gasteiger partial charge in [0.1, 0.15) is 0 Å². The van der Waals surface area contributed by atoms with E-state index in [0.717, 1.165) is 12.2 Å². The molecule has 0 saturated heterocycles. The van der Waals surface area contributed by atoms with E-state index in [-0.39, 0.29) is 0 Å². The predicted octanol–water partition coefficient (Wildman–Crippen LogP) is 2.60. The first-order chi connectivity index (χ1) is 9.65. The number of rotatable bonds is 5. The molecule has 1 saturated carbocycles. The molecule has 0 spiro atoms. The highest BCUT2D eigenvalue weighted by Crippen LogP contribution is 2.37. The second-order valence-corrected chi connectivity index (χ2v) is 6.11. The summed E-state index contributed by atoms with van der Waals surface area (Å²) in [6, 6.07) is 9.94. The number of amides is 1. The molecule has 1 amide bonds. The van der Waals surface area contributed by atoms with Crippen LogP contribution >= 0.6 is 11.3 Å². The van der Waals surface area contributed by atoms with Crippen molar-refractivity contribution in [2.75, 3.05) is 10.6 Å². The molecular weight excluding hydrogens is 270 g/mol. The molecule has 2 aromatic rings. The van der Waals surface area contributed by atoms with Gasteiger partial charge in [-0.1, -0.05) is 6.07 Å². The van der Waals surface area contributed by atoms with Gasteiger partial charge in [0.15, 0.2) is 0 Å². The highest BCUT2D eigenvalue weighted by molar-refractivity contribution is 7.09. The number of hydrogen-bond donors (Lipinski definition) is 2. The lowest BCUT2D eigenvalue weighted by Gasteiger charge is -2.26. The van der Waals surface area contributed by atoms with Gasteiger partial charge in [-0.05, 0) is 42.5 Å². The van der Waals surface area contributed by atoms with Crippen LogP contribution < -0.4 is 16.4 Å². The fourth-order valence-corrected chi connectivity index (χ4v) is 3.02. The van der Waals surface area contributed by atoms with E-state index in [1.54, 1.807) is 23.5 Å². The van der Waals surface area contributed by atoms with Crippen LogP contribution in [0.25, 0.3) is 0 Å². The Morgan fingerprint density at radius 3 is 2.75 bits per heavy atom. The number of hydrogen-bond acceptors (Lipinski definition) is 4. The lowest BCUT2D eigenvalue weighted by atomic mass is 10.1. The number of benzene rings is 1. The van der Waals surface area contributed by atoms with Crippen molar-refractivity contribution in [3.8, 4) is 0 Å². The molecule has 5 heteroatoms. The highest BCUT2D eigenvalue weighted by Gasteiger charge is 2.30. The predicted molar refractivity (Wildman–Crippen MR) is 82.9 cm³/mol. The molecule has 1 aromatic heterocycles. The van der Waals surface area contributed by atoms with E-state index in [1.807, 2.05) is 12.1 Å². The Hall–Kier alpha value is -2.01. The molecule has 1 aliphatic rings. The molecule has 1 fully saturated rings. The Morgan fingerprint density at radius 1 is 1.35 bits per heavy atom. The van der Waals surface area contributed by atoms with Gasteiger partial charge in [0.25, 0.3) is 0 Å². The van der Waals surface area contributed by atoms with E-state index >= 15 is 0 Å². The molecule has 1 aromatic carbocycles. The first-order valence-corrected chi connectivity index (χ1v) is 7.51. The molecule has 3 rings (SSSR count). The van der Waals surface area contributed by atoms with Crippen molar-refractivity contribution >= 4 is 28.6 Å². The van der Waals surface area contributed by atoms with Crippen LogP contribution in [0.2, 0.25) is 0 Å². The average molecular weight is 287 g/mol. The molecule has 1 aliphatic carbocycles. The van der Waals surface area contributed by atoms with Gasteiger partial charge in [0.05, 0.1) is 17.9 Å². The summed E-state index contributed by atoms with van der Waals surface area (Å²) in [5, 5.41) is 2.07. The Balaban J connectivity index is 1.94. The average Bonchev–Trinajstić information content (AvgIpc) is 3.14. The van der Waals surface area contributed by atoms with E-state index in [2.05, 4.69) is 16.3 Å². The molecule has 0 radical (unpaired) electrons. The molecule has 0 bridgehead atoms. The minimum absolute atomic E-state index is 0.418. The van der Waals surface area contributed by atoms with Crippen LogP contribution in [0.5, 0.6) is 0 Å². The van der Waals surface area contributed by atoms with E-state index in [9.17, 15) is 4.79 Å². The standard InChI is InChI=1S/C15H17N3OS/c16-13-6-3-10(15(17)19)8-14(13)18(11-4-5-11)9-12-2-1-7-20-12/h1-3,6-8,11H,4-5,9,16H2,(H2,17,19). The summed E-state index contributed by atoms with van der Waals surface area (Å²) in [5.41, 5.74) is 13.6. The minimum Gasteiger partial charge on any atom is -0.397 e. The van der Waals surface area contributed by atoms with E-state index in [1.165, 1.54) is 17.7 Å². The van der Waals surface area contributed by atoms with Gasteiger partial charge in [-0.15, -0.1) is 11.3 Å². The first-order valence-electron chi connectivity index (χ1n) is 6.63. The van der Waals surface area contributed by atoms with E-state index < -0.39 is 5.91 Å². The lowest BCUT2D eigenvalue weighted by Crippen LogP contribution is -2.26. The summed E-state index contributed by atoms with van der Waals surface area (Å²) in [4.78, 5) is 14.9. The molecule has 4 nitrogen and oxygen atoms in total. The third-order valence-electron chi connectivity index (χ3n) is 3.52. The van der Waals surface area contributed by atoms with Crippen LogP contribution in [0.15, 0.2) is 35.7 Å². The fourth-order valence-electron chi connectivity index (χ4n) is 2.31. The van der Waals surface area contributed by atoms with Crippen molar-refractivity contribution in [3.05, 3.63) is 46.2 Å².